The van der Waals surface area contributed by atoms with Gasteiger partial charge in [-0.1, -0.05) is 6.92 Å². The predicted octanol–water partition coefficient (Wildman–Crippen LogP) is 1.29. The Bertz CT molecular complexity index is 681. The summed E-state index contributed by atoms with van der Waals surface area (Å²) in [6.45, 7) is 3.86. The zero-order chi connectivity index (χ0) is 14.3. The Morgan fingerprint density at radius 3 is 3.05 bits per heavy atom. The van der Waals surface area contributed by atoms with E-state index in [0.717, 1.165) is 29.5 Å². The van der Waals surface area contributed by atoms with E-state index in [1.54, 1.807) is 11.3 Å². The van der Waals surface area contributed by atoms with E-state index in [9.17, 15) is 9.90 Å². The molecule has 0 spiro atoms. The Kier molecular flexibility index (Phi) is 3.33. The molecule has 3 rings (SSSR count). The van der Waals surface area contributed by atoms with Gasteiger partial charge >= 0.3 is 0 Å². The highest BCUT2D eigenvalue weighted by atomic mass is 32.1. The third-order valence-electron chi connectivity index (χ3n) is 3.67. The molecule has 2 aromatic heterocycles. The number of carbonyl (C=O) groups excluding carboxylic acids is 1. The molecular formula is C14H16N3O2S-. The molecule has 0 fully saturated rings. The van der Waals surface area contributed by atoms with Crippen LogP contribution in [0.4, 0.5) is 5.82 Å². The van der Waals surface area contributed by atoms with Crippen LogP contribution in [0.3, 0.4) is 0 Å². The number of nitrogens with one attached hydrogen (secondary N) is 1. The molecule has 0 saturated heterocycles. The molecule has 0 saturated carbocycles. The molecule has 2 heterocycles. The minimum atomic E-state index is -1.13. The number of aromatic nitrogens is 2. The lowest BCUT2D eigenvalue weighted by Gasteiger charge is -2.18. The number of fused-ring (bicyclic) bond motifs is 3. The maximum atomic E-state index is 10.6. The Balaban J connectivity index is 2.11. The number of hydrogen-bond donors (Lipinski definition) is 1. The van der Waals surface area contributed by atoms with E-state index in [1.165, 1.54) is 10.4 Å². The van der Waals surface area contributed by atoms with Crippen LogP contribution in [0.5, 0.6) is 0 Å². The number of nitrogens with zero attached hydrogens (tertiary/aromatic N) is 2. The van der Waals surface area contributed by atoms with E-state index in [0.29, 0.717) is 17.6 Å². The number of carboxylic acids is 1. The lowest BCUT2D eigenvalue weighted by Crippen LogP contribution is -2.30. The number of carboxylic acid groups (broad SMARTS) is 1. The number of thiophene rings is 1. The highest BCUT2D eigenvalue weighted by molar-refractivity contribution is 7.19. The molecule has 0 bridgehead atoms. The van der Waals surface area contributed by atoms with Crippen molar-refractivity contribution >= 4 is 33.3 Å². The van der Waals surface area contributed by atoms with Gasteiger partial charge in [-0.25, -0.2) is 9.97 Å². The zero-order valence-electron chi connectivity index (χ0n) is 11.5. The normalized spacial score (nSPS) is 18.0. The molecule has 0 unspecified atom stereocenters. The molecule has 1 atom stereocenters. The van der Waals surface area contributed by atoms with Crippen molar-refractivity contribution in [1.82, 2.24) is 9.97 Å². The summed E-state index contributed by atoms with van der Waals surface area (Å²) in [5.41, 5.74) is 1.30. The molecular weight excluding hydrogens is 274 g/mol. The number of aryl methyl sites for hydroxylation is 2. The first-order chi connectivity index (χ1) is 9.54. The molecule has 6 heteroatoms. The molecule has 0 aromatic carbocycles. The minimum absolute atomic E-state index is 0.230. The van der Waals surface area contributed by atoms with E-state index >= 15 is 0 Å². The number of aliphatic carboxylic acids is 1. The maximum absolute atomic E-state index is 10.6. The summed E-state index contributed by atoms with van der Waals surface area (Å²) < 4.78 is 0. The van der Waals surface area contributed by atoms with Crippen LogP contribution in [0, 0.1) is 12.8 Å². The zero-order valence-corrected chi connectivity index (χ0v) is 12.3. The van der Waals surface area contributed by atoms with Crippen LogP contribution in [-0.4, -0.2) is 22.5 Å². The third kappa shape index (κ3) is 2.35. The fourth-order valence-corrected chi connectivity index (χ4v) is 4.16. The highest BCUT2D eigenvalue weighted by Crippen LogP contribution is 2.39. The van der Waals surface area contributed by atoms with Crippen LogP contribution in [0.2, 0.25) is 0 Å². The van der Waals surface area contributed by atoms with Gasteiger partial charge in [-0.2, -0.15) is 0 Å². The Morgan fingerprint density at radius 2 is 2.30 bits per heavy atom. The fourth-order valence-electron chi connectivity index (χ4n) is 2.73. The fraction of sp³-hybridized carbons (Fsp3) is 0.500. The van der Waals surface area contributed by atoms with Crippen molar-refractivity contribution < 1.29 is 9.90 Å². The number of carbonyl (C=O) groups is 1. The van der Waals surface area contributed by atoms with Crippen LogP contribution < -0.4 is 10.4 Å². The highest BCUT2D eigenvalue weighted by Gasteiger charge is 2.23. The summed E-state index contributed by atoms with van der Waals surface area (Å²) in [5, 5.41) is 14.5. The molecule has 20 heavy (non-hydrogen) atoms. The minimum Gasteiger partial charge on any atom is -0.548 e. The van der Waals surface area contributed by atoms with E-state index in [2.05, 4.69) is 22.2 Å². The van der Waals surface area contributed by atoms with Crippen LogP contribution in [0.15, 0.2) is 0 Å². The van der Waals surface area contributed by atoms with Crippen molar-refractivity contribution in [2.75, 3.05) is 11.9 Å². The van der Waals surface area contributed by atoms with Gasteiger partial charge in [0.05, 0.1) is 17.9 Å². The Labute approximate surface area is 121 Å². The second-order valence-electron chi connectivity index (χ2n) is 5.38. The van der Waals surface area contributed by atoms with Crippen LogP contribution >= 0.6 is 11.3 Å². The number of anilines is 1. The van der Waals surface area contributed by atoms with Gasteiger partial charge in [0.1, 0.15) is 16.5 Å². The van der Waals surface area contributed by atoms with E-state index < -0.39 is 5.97 Å². The Hall–Kier alpha value is -1.69. The molecule has 0 radical (unpaired) electrons. The van der Waals surface area contributed by atoms with Crippen LogP contribution in [0.25, 0.3) is 10.2 Å². The third-order valence-corrected chi connectivity index (χ3v) is 4.82. The SMILES string of the molecule is Cc1nc(NCC(=O)[O-])c2c3c(sc2n1)C[C@H](C)CC3. The summed E-state index contributed by atoms with van der Waals surface area (Å²) in [5.74, 6) is 0.852. The van der Waals surface area contributed by atoms with Gasteiger partial charge < -0.3 is 15.2 Å². The monoisotopic (exact) mass is 290 g/mol. The van der Waals surface area contributed by atoms with Gasteiger partial charge in [-0.3, -0.25) is 0 Å². The van der Waals surface area contributed by atoms with Gasteiger partial charge in [0, 0.05) is 4.88 Å². The number of rotatable bonds is 3. The van der Waals surface area contributed by atoms with Gasteiger partial charge in [-0.15, -0.1) is 11.3 Å². The topological polar surface area (TPSA) is 77.9 Å². The lowest BCUT2D eigenvalue weighted by molar-refractivity contribution is -0.302. The first kappa shape index (κ1) is 13.3. The second kappa shape index (κ2) is 5.01. The molecule has 0 amide bonds. The van der Waals surface area contributed by atoms with Gasteiger partial charge in [0.15, 0.2) is 0 Å². The number of hydrogen-bond acceptors (Lipinski definition) is 6. The maximum Gasteiger partial charge on any atom is 0.139 e. The standard InChI is InChI=1S/C14H17N3O2S/c1-7-3-4-9-10(5-7)20-14-12(9)13(15-6-11(18)19)16-8(2)17-14/h7H,3-6H2,1-2H3,(H,18,19)(H,15,16,17)/p-1/t7-/m1/s1. The van der Waals surface area contributed by atoms with E-state index in [1.807, 2.05) is 6.92 Å². The molecule has 2 aromatic rings. The quantitative estimate of drug-likeness (QED) is 0.921. The molecule has 1 aliphatic carbocycles. The Morgan fingerprint density at radius 1 is 1.50 bits per heavy atom. The average molecular weight is 290 g/mol. The molecule has 1 N–H and O–H groups in total. The summed E-state index contributed by atoms with van der Waals surface area (Å²) in [7, 11) is 0. The van der Waals surface area contributed by atoms with Crippen molar-refractivity contribution in [3.63, 3.8) is 0 Å². The summed E-state index contributed by atoms with van der Waals surface area (Å²) in [4.78, 5) is 21.8. The van der Waals surface area contributed by atoms with Gasteiger partial charge in [-0.05, 0) is 37.7 Å². The van der Waals surface area contributed by atoms with E-state index in [4.69, 9.17) is 0 Å². The van der Waals surface area contributed by atoms with Gasteiger partial charge in [0.25, 0.3) is 0 Å². The average Bonchev–Trinajstić information content (AvgIpc) is 2.72. The van der Waals surface area contributed by atoms with Crippen molar-refractivity contribution in [2.45, 2.75) is 33.1 Å². The molecule has 1 aliphatic rings. The summed E-state index contributed by atoms with van der Waals surface area (Å²) >= 11 is 1.71. The first-order valence-electron chi connectivity index (χ1n) is 6.77. The van der Waals surface area contributed by atoms with Crippen molar-refractivity contribution in [3.05, 3.63) is 16.3 Å². The van der Waals surface area contributed by atoms with Crippen LogP contribution in [0.1, 0.15) is 29.6 Å². The van der Waals surface area contributed by atoms with Crippen molar-refractivity contribution in [3.8, 4) is 0 Å². The van der Waals surface area contributed by atoms with Crippen LogP contribution in [-0.2, 0) is 17.6 Å². The van der Waals surface area contributed by atoms with Crippen molar-refractivity contribution in [2.24, 2.45) is 5.92 Å². The summed E-state index contributed by atoms with van der Waals surface area (Å²) in [6, 6.07) is 0. The molecule has 0 aliphatic heterocycles. The van der Waals surface area contributed by atoms with E-state index in [-0.39, 0.29) is 6.54 Å². The second-order valence-corrected chi connectivity index (χ2v) is 6.46. The summed E-state index contributed by atoms with van der Waals surface area (Å²) in [6.07, 6.45) is 3.25. The lowest BCUT2D eigenvalue weighted by atomic mass is 9.89. The van der Waals surface area contributed by atoms with Gasteiger partial charge in [0.2, 0.25) is 0 Å². The largest absolute Gasteiger partial charge is 0.548 e. The van der Waals surface area contributed by atoms with Crippen molar-refractivity contribution in [1.29, 1.82) is 0 Å². The molecule has 5 nitrogen and oxygen atoms in total. The predicted molar refractivity (Wildman–Crippen MR) is 76.8 cm³/mol. The first-order valence-corrected chi connectivity index (χ1v) is 7.59. The smallest absolute Gasteiger partial charge is 0.139 e. The molecule has 106 valence electrons.